The second kappa shape index (κ2) is 10.9. The molecule has 0 spiro atoms. The van der Waals surface area contributed by atoms with Crippen molar-refractivity contribution in [3.8, 4) is 0 Å². The zero-order valence-electron chi connectivity index (χ0n) is 20.4. The van der Waals surface area contributed by atoms with E-state index < -0.39 is 21.8 Å². The van der Waals surface area contributed by atoms with E-state index >= 15 is 0 Å². The van der Waals surface area contributed by atoms with Crippen LogP contribution in [0, 0.1) is 6.92 Å². The van der Waals surface area contributed by atoms with Crippen LogP contribution >= 0.6 is 23.4 Å². The largest absolute Gasteiger partial charge is 0.419 e. The first-order valence-corrected chi connectivity index (χ1v) is 14.8. The summed E-state index contributed by atoms with van der Waals surface area (Å²) < 4.78 is 35.4. The van der Waals surface area contributed by atoms with Gasteiger partial charge in [0.05, 0.1) is 10.4 Å². The van der Waals surface area contributed by atoms with Crippen LogP contribution < -0.4 is 15.4 Å². The van der Waals surface area contributed by atoms with Gasteiger partial charge in [-0.25, -0.2) is 13.2 Å². The Morgan fingerprint density at radius 1 is 1.17 bits per heavy atom. The van der Waals surface area contributed by atoms with Gasteiger partial charge in [-0.1, -0.05) is 17.7 Å². The topological polar surface area (TPSA) is 105 Å². The number of oxazole rings is 1. The molecule has 12 heteroatoms. The number of anilines is 1. The van der Waals surface area contributed by atoms with Crippen molar-refractivity contribution in [1.82, 2.24) is 14.2 Å². The van der Waals surface area contributed by atoms with Gasteiger partial charge in [0, 0.05) is 50.0 Å². The molecule has 194 valence electrons. The number of thioether (sulfide) groups is 1. The fourth-order valence-corrected chi connectivity index (χ4v) is 6.19. The molecule has 1 saturated heterocycles. The van der Waals surface area contributed by atoms with Gasteiger partial charge in [-0.15, -0.1) is 0 Å². The zero-order valence-corrected chi connectivity index (χ0v) is 22.8. The number of carbonyl (C=O) groups is 1. The van der Waals surface area contributed by atoms with Crippen LogP contribution in [-0.4, -0.2) is 68.0 Å². The number of fused-ring (bicyclic) bond motifs is 1. The molecule has 9 nitrogen and oxygen atoms in total. The van der Waals surface area contributed by atoms with Gasteiger partial charge in [-0.3, -0.25) is 9.36 Å². The molecule has 0 unspecified atom stereocenters. The number of nitrogens with one attached hydrogen (secondary N) is 1. The summed E-state index contributed by atoms with van der Waals surface area (Å²) in [5.41, 5.74) is 2.81. The molecule has 36 heavy (non-hydrogen) atoms. The minimum absolute atomic E-state index is 0.0625. The highest BCUT2D eigenvalue weighted by molar-refractivity contribution is 7.98. The first-order chi connectivity index (χ1) is 17.1. The molecule has 1 fully saturated rings. The number of piperazine rings is 1. The standard InChI is InChI=1S/C24H29ClN4O5S2/c1-16-4-5-17(25)14-21(16)28-9-11-29(12-10-28)23(30)19(8-13-35-3)26-36(32,33)18-6-7-20-22(15-18)34-24(31)27(20)2/h4-7,14-15,19,26H,8-13H2,1-3H3/t19-/m1/s1. The molecular formula is C24H29ClN4O5S2. The van der Waals surface area contributed by atoms with Crippen molar-refractivity contribution in [3.05, 3.63) is 57.5 Å². The Morgan fingerprint density at radius 2 is 1.89 bits per heavy atom. The van der Waals surface area contributed by atoms with Crippen molar-refractivity contribution in [3.63, 3.8) is 0 Å². The van der Waals surface area contributed by atoms with Crippen LogP contribution in [0.25, 0.3) is 11.1 Å². The Bertz CT molecular complexity index is 1430. The molecule has 4 rings (SSSR count). The highest BCUT2D eigenvalue weighted by Crippen LogP contribution is 2.26. The molecule has 0 bridgehead atoms. The van der Waals surface area contributed by atoms with Crippen LogP contribution in [-0.2, 0) is 21.9 Å². The number of aryl methyl sites for hydroxylation is 2. The number of carbonyl (C=O) groups excluding carboxylic acids is 1. The zero-order chi connectivity index (χ0) is 26.0. The van der Waals surface area contributed by atoms with Gasteiger partial charge in [0.15, 0.2) is 5.58 Å². The molecule has 3 aromatic rings. The number of amides is 1. The van der Waals surface area contributed by atoms with E-state index in [4.69, 9.17) is 16.0 Å². The quantitative estimate of drug-likeness (QED) is 0.458. The molecule has 2 aromatic carbocycles. The number of benzene rings is 2. The molecule has 1 aromatic heterocycles. The summed E-state index contributed by atoms with van der Waals surface area (Å²) in [6.07, 6.45) is 2.27. The van der Waals surface area contributed by atoms with E-state index in [1.807, 2.05) is 31.4 Å². The van der Waals surface area contributed by atoms with Crippen LogP contribution in [0.5, 0.6) is 0 Å². The van der Waals surface area contributed by atoms with Crippen LogP contribution in [0.4, 0.5) is 5.69 Å². The molecule has 1 N–H and O–H groups in total. The lowest BCUT2D eigenvalue weighted by Gasteiger charge is -2.38. The van der Waals surface area contributed by atoms with E-state index in [9.17, 15) is 18.0 Å². The number of halogens is 1. The fraction of sp³-hybridized carbons (Fsp3) is 0.417. The Morgan fingerprint density at radius 3 is 2.58 bits per heavy atom. The van der Waals surface area contributed by atoms with Crippen LogP contribution in [0.1, 0.15) is 12.0 Å². The van der Waals surface area contributed by atoms with Gasteiger partial charge in [0.25, 0.3) is 0 Å². The van der Waals surface area contributed by atoms with Gasteiger partial charge in [-0.05, 0) is 55.2 Å². The molecule has 1 amide bonds. The first-order valence-electron chi connectivity index (χ1n) is 11.5. The number of hydrogen-bond acceptors (Lipinski definition) is 7. The van der Waals surface area contributed by atoms with Crippen molar-refractivity contribution in [2.45, 2.75) is 24.3 Å². The summed E-state index contributed by atoms with van der Waals surface area (Å²) in [7, 11) is -2.49. The van der Waals surface area contributed by atoms with E-state index in [0.29, 0.717) is 48.9 Å². The number of hydrogen-bond donors (Lipinski definition) is 1. The molecule has 0 radical (unpaired) electrons. The molecule has 1 aliphatic rings. The minimum Gasteiger partial charge on any atom is -0.408 e. The summed E-state index contributed by atoms with van der Waals surface area (Å²) in [6.45, 7) is 4.22. The van der Waals surface area contributed by atoms with Crippen molar-refractivity contribution >= 4 is 56.1 Å². The van der Waals surface area contributed by atoms with E-state index in [1.165, 1.54) is 22.8 Å². The van der Waals surface area contributed by atoms with Crippen LogP contribution in [0.15, 0.2) is 50.5 Å². The predicted octanol–water partition coefficient (Wildman–Crippen LogP) is 2.84. The lowest BCUT2D eigenvalue weighted by molar-refractivity contribution is -0.133. The van der Waals surface area contributed by atoms with Crippen molar-refractivity contribution in [1.29, 1.82) is 0 Å². The third-order valence-corrected chi connectivity index (χ3v) is 8.73. The Labute approximate surface area is 219 Å². The molecule has 0 aliphatic carbocycles. The lowest BCUT2D eigenvalue weighted by Crippen LogP contribution is -2.55. The summed E-state index contributed by atoms with van der Waals surface area (Å²) in [4.78, 5) is 29.0. The predicted molar refractivity (Wildman–Crippen MR) is 144 cm³/mol. The normalized spacial score (nSPS) is 15.4. The van der Waals surface area contributed by atoms with E-state index in [0.717, 1.165) is 11.3 Å². The number of rotatable bonds is 8. The molecule has 0 saturated carbocycles. The van der Waals surface area contributed by atoms with Gasteiger partial charge >= 0.3 is 5.76 Å². The second-order valence-electron chi connectivity index (χ2n) is 8.76. The Kier molecular flexibility index (Phi) is 8.03. The van der Waals surface area contributed by atoms with Crippen molar-refractivity contribution < 1.29 is 17.6 Å². The average Bonchev–Trinajstić information content (AvgIpc) is 3.15. The minimum atomic E-state index is -4.04. The summed E-state index contributed by atoms with van der Waals surface area (Å²) in [5.74, 6) is -0.206. The second-order valence-corrected chi connectivity index (χ2v) is 11.9. The number of aromatic nitrogens is 1. The third kappa shape index (κ3) is 5.59. The highest BCUT2D eigenvalue weighted by atomic mass is 35.5. The molecule has 2 heterocycles. The van der Waals surface area contributed by atoms with E-state index in [-0.39, 0.29) is 16.4 Å². The first kappa shape index (κ1) is 26.6. The maximum absolute atomic E-state index is 13.4. The smallest absolute Gasteiger partial charge is 0.408 e. The summed E-state index contributed by atoms with van der Waals surface area (Å²) in [6, 6.07) is 9.08. The highest BCUT2D eigenvalue weighted by Gasteiger charge is 2.31. The molecular weight excluding hydrogens is 524 g/mol. The monoisotopic (exact) mass is 552 g/mol. The van der Waals surface area contributed by atoms with Gasteiger partial charge in [0.1, 0.15) is 6.04 Å². The van der Waals surface area contributed by atoms with Gasteiger partial charge in [-0.2, -0.15) is 16.5 Å². The van der Waals surface area contributed by atoms with Gasteiger partial charge < -0.3 is 14.2 Å². The molecule has 1 atom stereocenters. The van der Waals surface area contributed by atoms with Crippen LogP contribution in [0.3, 0.4) is 0 Å². The summed E-state index contributed by atoms with van der Waals surface area (Å²) >= 11 is 7.72. The van der Waals surface area contributed by atoms with E-state index in [1.54, 1.807) is 23.7 Å². The molecule has 1 aliphatic heterocycles. The van der Waals surface area contributed by atoms with E-state index in [2.05, 4.69) is 9.62 Å². The lowest BCUT2D eigenvalue weighted by atomic mass is 10.1. The average molecular weight is 553 g/mol. The maximum atomic E-state index is 13.4. The maximum Gasteiger partial charge on any atom is 0.419 e. The number of sulfonamides is 1. The SMILES string of the molecule is CSCC[C@@H](NS(=O)(=O)c1ccc2c(c1)oc(=O)n2C)C(=O)N1CCN(c2cc(Cl)ccc2C)CC1. The van der Waals surface area contributed by atoms with Crippen molar-refractivity contribution in [2.75, 3.05) is 43.1 Å². The van der Waals surface area contributed by atoms with Crippen LogP contribution in [0.2, 0.25) is 5.02 Å². The fourth-order valence-electron chi connectivity index (χ4n) is 4.32. The number of nitrogens with zero attached hydrogens (tertiary/aromatic N) is 3. The van der Waals surface area contributed by atoms with Crippen molar-refractivity contribution in [2.24, 2.45) is 7.05 Å². The van der Waals surface area contributed by atoms with Gasteiger partial charge in [0.2, 0.25) is 15.9 Å². The summed E-state index contributed by atoms with van der Waals surface area (Å²) in [5, 5.41) is 0.661. The Balaban J connectivity index is 1.49. The Hall–Kier alpha value is -2.47. The third-order valence-electron chi connectivity index (χ3n) is 6.38.